The number of nitrogens with one attached hydrogen (secondary N) is 1. The molecule has 0 saturated heterocycles. The molecule has 6 nitrogen and oxygen atoms in total. The van der Waals surface area contributed by atoms with Crippen molar-refractivity contribution in [2.45, 2.75) is 26.0 Å². The molecule has 1 unspecified atom stereocenters. The third-order valence-corrected chi connectivity index (χ3v) is 4.60. The minimum atomic E-state index is -3.78. The summed E-state index contributed by atoms with van der Waals surface area (Å²) in [5.41, 5.74) is 4.81. The van der Waals surface area contributed by atoms with Crippen molar-refractivity contribution in [2.24, 2.45) is 11.1 Å². The average molecular weight is 282 g/mol. The van der Waals surface area contributed by atoms with Crippen LogP contribution in [-0.4, -0.2) is 38.3 Å². The first kappa shape index (κ1) is 16.3. The predicted molar refractivity (Wildman–Crippen MR) is 69.0 cm³/mol. The summed E-state index contributed by atoms with van der Waals surface area (Å²) in [5, 5.41) is -1.27. The molecule has 0 bridgehead atoms. The summed E-state index contributed by atoms with van der Waals surface area (Å²) in [5.74, 6) is -0.814. The molecule has 0 aromatic heterocycles. The van der Waals surface area contributed by atoms with Gasteiger partial charge in [0.2, 0.25) is 10.0 Å². The van der Waals surface area contributed by atoms with E-state index in [0.29, 0.717) is 0 Å². The van der Waals surface area contributed by atoms with Gasteiger partial charge in [-0.05, 0) is 6.92 Å². The Bertz CT molecular complexity index is 403. The van der Waals surface area contributed by atoms with Crippen molar-refractivity contribution >= 4 is 33.2 Å². The van der Waals surface area contributed by atoms with Gasteiger partial charge in [-0.1, -0.05) is 26.1 Å². The molecule has 0 spiro atoms. The highest BCUT2D eigenvalue weighted by molar-refractivity contribution is 7.90. The zero-order valence-corrected chi connectivity index (χ0v) is 11.9. The Balaban J connectivity index is 4.69. The van der Waals surface area contributed by atoms with E-state index in [4.69, 9.17) is 18.0 Å². The SMILES string of the molecule is COC(=O)C(C)S(=O)(=O)NCC(C)(C)C(N)=S. The Morgan fingerprint density at radius 2 is 2.00 bits per heavy atom. The fourth-order valence-electron chi connectivity index (χ4n) is 0.786. The van der Waals surface area contributed by atoms with Crippen LogP contribution in [0.15, 0.2) is 0 Å². The molecule has 8 heteroatoms. The van der Waals surface area contributed by atoms with E-state index in [2.05, 4.69) is 9.46 Å². The van der Waals surface area contributed by atoms with E-state index >= 15 is 0 Å². The molecule has 0 aromatic carbocycles. The van der Waals surface area contributed by atoms with E-state index in [0.717, 1.165) is 7.11 Å². The lowest BCUT2D eigenvalue weighted by Crippen LogP contribution is -2.45. The number of thiocarbonyl (C=S) groups is 1. The number of methoxy groups -OCH3 is 1. The van der Waals surface area contributed by atoms with Crippen LogP contribution in [0.1, 0.15) is 20.8 Å². The highest BCUT2D eigenvalue weighted by Crippen LogP contribution is 2.14. The standard InChI is InChI=1S/C9H18N2O4S2/c1-6(7(12)15-4)17(13,14)11-5-9(2,3)8(10)16/h6,11H,5H2,1-4H3,(H2,10,16). The molecule has 0 aliphatic carbocycles. The normalized spacial score (nSPS) is 14.1. The minimum Gasteiger partial charge on any atom is -0.468 e. The van der Waals surface area contributed by atoms with Gasteiger partial charge in [0.05, 0.1) is 12.1 Å². The van der Waals surface area contributed by atoms with Crippen molar-refractivity contribution in [2.75, 3.05) is 13.7 Å². The van der Waals surface area contributed by atoms with Crippen LogP contribution in [0.2, 0.25) is 0 Å². The van der Waals surface area contributed by atoms with Gasteiger partial charge in [-0.15, -0.1) is 0 Å². The summed E-state index contributed by atoms with van der Waals surface area (Å²) in [7, 11) is -2.65. The van der Waals surface area contributed by atoms with Gasteiger partial charge in [-0.3, -0.25) is 4.79 Å². The molecular formula is C9H18N2O4S2. The first-order valence-electron chi connectivity index (χ1n) is 4.91. The predicted octanol–water partition coefficient (Wildman–Crippen LogP) is -0.220. The van der Waals surface area contributed by atoms with Crippen LogP contribution < -0.4 is 10.5 Å². The molecule has 17 heavy (non-hydrogen) atoms. The number of esters is 1. The Morgan fingerprint density at radius 3 is 2.35 bits per heavy atom. The molecular weight excluding hydrogens is 264 g/mol. The van der Waals surface area contributed by atoms with Crippen LogP contribution in [0.5, 0.6) is 0 Å². The second kappa shape index (κ2) is 5.74. The van der Waals surface area contributed by atoms with Gasteiger partial charge in [-0.2, -0.15) is 0 Å². The Hall–Kier alpha value is -0.730. The molecule has 0 saturated carbocycles. The molecule has 0 aliphatic heterocycles. The summed E-state index contributed by atoms with van der Waals surface area (Å²) in [6.45, 7) is 4.70. The van der Waals surface area contributed by atoms with Crippen molar-refractivity contribution in [3.63, 3.8) is 0 Å². The molecule has 100 valence electrons. The van der Waals surface area contributed by atoms with Crippen LogP contribution in [-0.2, 0) is 19.6 Å². The lowest BCUT2D eigenvalue weighted by atomic mass is 9.94. The quantitative estimate of drug-likeness (QED) is 0.516. The largest absolute Gasteiger partial charge is 0.468 e. The molecule has 1 atom stereocenters. The summed E-state index contributed by atoms with van der Waals surface area (Å²) < 4.78 is 30.1. The van der Waals surface area contributed by atoms with E-state index in [9.17, 15) is 13.2 Å². The maximum atomic E-state index is 11.7. The zero-order chi connectivity index (χ0) is 13.9. The van der Waals surface area contributed by atoms with Gasteiger partial charge >= 0.3 is 5.97 Å². The van der Waals surface area contributed by atoms with Gasteiger partial charge < -0.3 is 10.5 Å². The number of hydrogen-bond donors (Lipinski definition) is 2. The van der Waals surface area contributed by atoms with E-state index in [1.54, 1.807) is 13.8 Å². The fourth-order valence-corrected chi connectivity index (χ4v) is 2.02. The fraction of sp³-hybridized carbons (Fsp3) is 0.778. The van der Waals surface area contributed by atoms with Gasteiger partial charge in [0, 0.05) is 12.0 Å². The highest BCUT2D eigenvalue weighted by Gasteiger charge is 2.31. The van der Waals surface area contributed by atoms with Gasteiger partial charge in [0.25, 0.3) is 0 Å². The highest BCUT2D eigenvalue weighted by atomic mass is 32.2. The van der Waals surface area contributed by atoms with Crippen LogP contribution in [0.3, 0.4) is 0 Å². The van der Waals surface area contributed by atoms with Gasteiger partial charge in [0.1, 0.15) is 0 Å². The number of rotatable bonds is 6. The third kappa shape index (κ3) is 4.57. The second-order valence-electron chi connectivity index (χ2n) is 4.28. The van der Waals surface area contributed by atoms with E-state index in [-0.39, 0.29) is 11.5 Å². The molecule has 0 heterocycles. The lowest BCUT2D eigenvalue weighted by molar-refractivity contribution is -0.139. The van der Waals surface area contributed by atoms with Crippen LogP contribution in [0.4, 0.5) is 0 Å². The summed E-state index contributed by atoms with van der Waals surface area (Å²) >= 11 is 4.81. The number of ether oxygens (including phenoxy) is 1. The van der Waals surface area contributed by atoms with E-state index in [1.807, 2.05) is 0 Å². The third-order valence-electron chi connectivity index (χ3n) is 2.38. The van der Waals surface area contributed by atoms with E-state index in [1.165, 1.54) is 6.92 Å². The monoisotopic (exact) mass is 282 g/mol. The van der Waals surface area contributed by atoms with Crippen LogP contribution in [0, 0.1) is 5.41 Å². The second-order valence-corrected chi connectivity index (χ2v) is 6.81. The van der Waals surface area contributed by atoms with E-state index < -0.39 is 26.7 Å². The molecule has 3 N–H and O–H groups in total. The molecule has 0 aromatic rings. The number of sulfonamides is 1. The van der Waals surface area contributed by atoms with Gasteiger partial charge in [0.15, 0.2) is 5.25 Å². The number of carbonyl (C=O) groups is 1. The summed E-state index contributed by atoms with van der Waals surface area (Å²) in [6, 6.07) is 0. The maximum Gasteiger partial charge on any atom is 0.325 e. The number of nitrogens with two attached hydrogens (primary N) is 1. The zero-order valence-electron chi connectivity index (χ0n) is 10.3. The average Bonchev–Trinajstić information content (AvgIpc) is 2.24. The van der Waals surface area contributed by atoms with Crippen molar-refractivity contribution in [3.05, 3.63) is 0 Å². The molecule has 0 aliphatic rings. The molecule has 0 rings (SSSR count). The first-order valence-corrected chi connectivity index (χ1v) is 6.86. The molecule has 0 fully saturated rings. The van der Waals surface area contributed by atoms with Crippen molar-refractivity contribution in [3.8, 4) is 0 Å². The van der Waals surface area contributed by atoms with Crippen molar-refractivity contribution in [1.82, 2.24) is 4.72 Å². The minimum absolute atomic E-state index is 0.0337. The van der Waals surface area contributed by atoms with Gasteiger partial charge in [-0.25, -0.2) is 13.1 Å². The topological polar surface area (TPSA) is 98.5 Å². The molecule has 0 amide bonds. The van der Waals surface area contributed by atoms with Crippen molar-refractivity contribution < 1.29 is 17.9 Å². The van der Waals surface area contributed by atoms with Crippen LogP contribution >= 0.6 is 12.2 Å². The first-order chi connectivity index (χ1) is 7.54. The Labute approximate surface area is 107 Å². The smallest absolute Gasteiger partial charge is 0.325 e. The maximum absolute atomic E-state index is 11.7. The van der Waals surface area contributed by atoms with Crippen LogP contribution in [0.25, 0.3) is 0 Å². The summed E-state index contributed by atoms with van der Waals surface area (Å²) in [4.78, 5) is 11.3. The number of carbonyl (C=O) groups excluding carboxylic acids is 1. The summed E-state index contributed by atoms with van der Waals surface area (Å²) in [6.07, 6.45) is 0. The molecule has 0 radical (unpaired) electrons. The van der Waals surface area contributed by atoms with Crippen molar-refractivity contribution in [1.29, 1.82) is 0 Å². The number of hydrogen-bond acceptors (Lipinski definition) is 5. The Kier molecular flexibility index (Phi) is 5.50. The Morgan fingerprint density at radius 1 is 1.53 bits per heavy atom. The lowest BCUT2D eigenvalue weighted by Gasteiger charge is -2.24.